The minimum atomic E-state index is 0.617. The Morgan fingerprint density at radius 2 is 0.797 bits per heavy atom. The third kappa shape index (κ3) is 6.39. The highest BCUT2D eigenvalue weighted by Crippen LogP contribution is 2.40. The molecule has 0 bridgehead atoms. The number of aromatic nitrogens is 5. The van der Waals surface area contributed by atoms with Gasteiger partial charge in [-0.15, -0.1) is 0 Å². The van der Waals surface area contributed by atoms with E-state index in [9.17, 15) is 0 Å². The number of hydrogen-bond donors (Lipinski definition) is 0. The molecule has 0 fully saturated rings. The van der Waals surface area contributed by atoms with Crippen LogP contribution < -0.4 is 0 Å². The molecule has 0 saturated carbocycles. The molecule has 6 heteroatoms. The maximum absolute atomic E-state index is 6.22. The van der Waals surface area contributed by atoms with Crippen molar-refractivity contribution in [3.63, 3.8) is 0 Å². The van der Waals surface area contributed by atoms with Crippen molar-refractivity contribution in [2.45, 2.75) is 0 Å². The minimum Gasteiger partial charge on any atom is -0.438 e. The molecule has 0 aliphatic rings. The average molecular weight is 756 g/mol. The predicted octanol–water partition coefficient (Wildman–Crippen LogP) is 13.4. The molecular weight excluding hydrogens is 723 g/mol. The zero-order valence-corrected chi connectivity index (χ0v) is 31.7. The summed E-state index contributed by atoms with van der Waals surface area (Å²) in [5, 5.41) is 2.01. The molecule has 4 aromatic heterocycles. The summed E-state index contributed by atoms with van der Waals surface area (Å²) in [5.74, 6) is 1.89. The number of furan rings is 1. The number of benzene rings is 7. The number of para-hydroxylation sites is 1. The molecule has 0 N–H and O–H groups in total. The van der Waals surface area contributed by atoms with Crippen LogP contribution in [0.25, 0.3) is 112 Å². The number of rotatable bonds is 7. The van der Waals surface area contributed by atoms with Crippen LogP contribution >= 0.6 is 0 Å². The second-order valence-corrected chi connectivity index (χ2v) is 14.5. The van der Waals surface area contributed by atoms with Gasteiger partial charge in [0.05, 0.1) is 16.4 Å². The van der Waals surface area contributed by atoms with Crippen LogP contribution in [0.1, 0.15) is 0 Å². The van der Waals surface area contributed by atoms with Gasteiger partial charge in [0.15, 0.2) is 17.5 Å². The summed E-state index contributed by atoms with van der Waals surface area (Å²) in [4.78, 5) is 24.5. The second kappa shape index (κ2) is 14.4. The van der Waals surface area contributed by atoms with E-state index in [0.717, 1.165) is 83.0 Å². The zero-order chi connectivity index (χ0) is 39.1. The van der Waals surface area contributed by atoms with Gasteiger partial charge in [0.25, 0.3) is 0 Å². The van der Waals surface area contributed by atoms with Crippen LogP contribution in [0.5, 0.6) is 0 Å². The highest BCUT2D eigenvalue weighted by molar-refractivity contribution is 6.17. The number of hydrogen-bond acceptors (Lipinski definition) is 6. The van der Waals surface area contributed by atoms with Gasteiger partial charge in [0, 0.05) is 33.8 Å². The number of pyridine rings is 2. The van der Waals surface area contributed by atoms with Crippen molar-refractivity contribution < 1.29 is 4.42 Å². The van der Waals surface area contributed by atoms with E-state index in [1.54, 1.807) is 0 Å². The monoisotopic (exact) mass is 755 g/mol. The van der Waals surface area contributed by atoms with E-state index in [0.29, 0.717) is 23.2 Å². The summed E-state index contributed by atoms with van der Waals surface area (Å²) in [5.41, 5.74) is 14.7. The van der Waals surface area contributed by atoms with Crippen LogP contribution in [0.4, 0.5) is 0 Å². The summed E-state index contributed by atoms with van der Waals surface area (Å²) < 4.78 is 6.22. The Morgan fingerprint density at radius 1 is 0.339 bits per heavy atom. The highest BCUT2D eigenvalue weighted by atomic mass is 16.3. The Balaban J connectivity index is 0.911. The van der Waals surface area contributed by atoms with Gasteiger partial charge >= 0.3 is 0 Å². The van der Waals surface area contributed by atoms with Gasteiger partial charge in [-0.1, -0.05) is 170 Å². The van der Waals surface area contributed by atoms with E-state index in [1.165, 1.54) is 5.56 Å². The Bertz CT molecular complexity index is 3290. The van der Waals surface area contributed by atoms with Crippen molar-refractivity contribution >= 4 is 33.1 Å². The molecule has 276 valence electrons. The molecule has 0 saturated heterocycles. The first kappa shape index (κ1) is 34.2. The van der Waals surface area contributed by atoms with Gasteiger partial charge in [-0.25, -0.2) is 19.9 Å². The molecule has 0 atom stereocenters. The van der Waals surface area contributed by atoms with Gasteiger partial charge in [-0.05, 0) is 63.2 Å². The first-order valence-electron chi connectivity index (χ1n) is 19.6. The van der Waals surface area contributed by atoms with Crippen molar-refractivity contribution in [2.24, 2.45) is 0 Å². The minimum absolute atomic E-state index is 0.617. The Kier molecular flexibility index (Phi) is 8.37. The Labute approximate surface area is 340 Å². The van der Waals surface area contributed by atoms with Crippen molar-refractivity contribution in [2.75, 3.05) is 0 Å². The third-order valence-electron chi connectivity index (χ3n) is 10.8. The normalized spacial score (nSPS) is 11.4. The fraction of sp³-hybridized carbons (Fsp3) is 0. The van der Waals surface area contributed by atoms with E-state index in [1.807, 2.05) is 72.9 Å². The van der Waals surface area contributed by atoms with E-state index in [2.05, 4.69) is 127 Å². The fourth-order valence-corrected chi connectivity index (χ4v) is 7.85. The molecule has 0 aliphatic carbocycles. The van der Waals surface area contributed by atoms with E-state index >= 15 is 0 Å². The molecule has 11 aromatic rings. The van der Waals surface area contributed by atoms with Gasteiger partial charge in [-0.3, -0.25) is 4.98 Å². The maximum atomic E-state index is 6.22. The predicted molar refractivity (Wildman–Crippen MR) is 238 cm³/mol. The first-order valence-corrected chi connectivity index (χ1v) is 19.6. The molecule has 6 nitrogen and oxygen atoms in total. The smallest absolute Gasteiger partial charge is 0.228 e. The maximum Gasteiger partial charge on any atom is 0.228 e. The van der Waals surface area contributed by atoms with E-state index < -0.39 is 0 Å². The Hall–Kier alpha value is -8.09. The summed E-state index contributed by atoms with van der Waals surface area (Å²) in [6, 6.07) is 66.7. The number of fused-ring (bicyclic) bond motifs is 4. The first-order chi connectivity index (χ1) is 29.2. The highest BCUT2D eigenvalue weighted by Gasteiger charge is 2.19. The van der Waals surface area contributed by atoms with E-state index in [-0.39, 0.29) is 0 Å². The van der Waals surface area contributed by atoms with Crippen molar-refractivity contribution in [3.05, 3.63) is 200 Å². The molecule has 0 spiro atoms. The SMILES string of the molecule is c1ccc(-c2ccc(-c3nc(-c4ccccc4)nc(-c4ccc(-c5cccc(-c6ccc(-c7c8ncccc8nc8oc9ccccc9c78)cc6)c5)cc4)n3)cc2)cc1. The second-order valence-electron chi connectivity index (χ2n) is 14.5. The van der Waals surface area contributed by atoms with Gasteiger partial charge in [0.1, 0.15) is 5.58 Å². The van der Waals surface area contributed by atoms with Crippen molar-refractivity contribution in [3.8, 4) is 78.7 Å². The molecule has 59 heavy (non-hydrogen) atoms. The quantitative estimate of drug-likeness (QED) is 0.161. The molecule has 11 rings (SSSR count). The van der Waals surface area contributed by atoms with Gasteiger partial charge < -0.3 is 4.42 Å². The molecule has 7 aromatic carbocycles. The third-order valence-corrected chi connectivity index (χ3v) is 10.8. The van der Waals surface area contributed by atoms with E-state index in [4.69, 9.17) is 29.3 Å². The lowest BCUT2D eigenvalue weighted by atomic mass is 9.95. The standard InChI is InChI=1S/C53H33N5O/c1-3-11-34(12-4-1)35-22-28-40(29-23-35)51-56-50(39-13-5-2-6-14-39)57-52(58-51)41-30-24-37(25-31-41)43-16-9-15-42(33-43)36-20-26-38(27-21-36)47-48-44-17-7-8-19-46(44)59-53(48)55-45-18-10-32-54-49(45)47/h1-33H. The summed E-state index contributed by atoms with van der Waals surface area (Å²) in [6.45, 7) is 0. The summed E-state index contributed by atoms with van der Waals surface area (Å²) in [7, 11) is 0. The number of nitrogens with zero attached hydrogens (tertiary/aromatic N) is 5. The van der Waals surface area contributed by atoms with Crippen LogP contribution in [0.3, 0.4) is 0 Å². The van der Waals surface area contributed by atoms with Crippen molar-refractivity contribution in [1.29, 1.82) is 0 Å². The van der Waals surface area contributed by atoms with Crippen LogP contribution in [0.2, 0.25) is 0 Å². The molecular formula is C53H33N5O. The topological polar surface area (TPSA) is 77.6 Å². The lowest BCUT2D eigenvalue weighted by molar-refractivity contribution is 0.656. The summed E-state index contributed by atoms with van der Waals surface area (Å²) in [6.07, 6.45) is 1.82. The van der Waals surface area contributed by atoms with Crippen molar-refractivity contribution in [1.82, 2.24) is 24.9 Å². The zero-order valence-electron chi connectivity index (χ0n) is 31.7. The molecule has 0 unspecified atom stereocenters. The Morgan fingerprint density at radius 3 is 1.41 bits per heavy atom. The van der Waals surface area contributed by atoms with Crippen LogP contribution in [0.15, 0.2) is 205 Å². The van der Waals surface area contributed by atoms with Crippen LogP contribution in [-0.4, -0.2) is 24.9 Å². The molecule has 0 radical (unpaired) electrons. The molecule has 4 heterocycles. The van der Waals surface area contributed by atoms with Gasteiger partial charge in [0.2, 0.25) is 5.71 Å². The van der Waals surface area contributed by atoms with Crippen LogP contribution in [0, 0.1) is 0 Å². The lowest BCUT2D eigenvalue weighted by Crippen LogP contribution is -2.00. The lowest BCUT2D eigenvalue weighted by Gasteiger charge is -2.11. The van der Waals surface area contributed by atoms with Gasteiger partial charge in [-0.2, -0.15) is 0 Å². The average Bonchev–Trinajstić information content (AvgIpc) is 3.69. The molecule has 0 amide bonds. The summed E-state index contributed by atoms with van der Waals surface area (Å²) >= 11 is 0. The molecule has 0 aliphatic heterocycles. The largest absolute Gasteiger partial charge is 0.438 e. The van der Waals surface area contributed by atoms with Crippen LogP contribution in [-0.2, 0) is 0 Å². The fourth-order valence-electron chi connectivity index (χ4n) is 7.85.